The molecule has 0 bridgehead atoms. The number of piperidine rings is 1. The molecule has 0 aromatic rings. The first kappa shape index (κ1) is 15.8. The summed E-state index contributed by atoms with van der Waals surface area (Å²) < 4.78 is 0. The van der Waals surface area contributed by atoms with Gasteiger partial charge in [0.05, 0.1) is 0 Å². The van der Waals surface area contributed by atoms with Gasteiger partial charge >= 0.3 is 0 Å². The van der Waals surface area contributed by atoms with Crippen molar-refractivity contribution in [2.24, 2.45) is 17.1 Å². The summed E-state index contributed by atoms with van der Waals surface area (Å²) in [6.07, 6.45) is 17.3. The molecule has 0 radical (unpaired) electrons. The minimum atomic E-state index is 0.366. The Labute approximate surface area is 131 Å². The van der Waals surface area contributed by atoms with Crippen LogP contribution in [0.2, 0.25) is 0 Å². The molecule has 21 heavy (non-hydrogen) atoms. The van der Waals surface area contributed by atoms with Crippen molar-refractivity contribution in [2.75, 3.05) is 19.6 Å². The molecule has 3 rings (SSSR count). The second kappa shape index (κ2) is 6.58. The van der Waals surface area contributed by atoms with Crippen molar-refractivity contribution in [2.45, 2.75) is 89.5 Å². The Morgan fingerprint density at radius 1 is 0.952 bits per heavy atom. The van der Waals surface area contributed by atoms with Crippen molar-refractivity contribution in [1.29, 1.82) is 0 Å². The topological polar surface area (TPSA) is 29.3 Å². The minimum Gasteiger partial charge on any atom is -0.329 e. The zero-order valence-electron chi connectivity index (χ0n) is 14.2. The molecular weight excluding hydrogens is 256 g/mol. The van der Waals surface area contributed by atoms with Gasteiger partial charge in [-0.2, -0.15) is 0 Å². The van der Waals surface area contributed by atoms with Crippen LogP contribution in [0, 0.1) is 11.3 Å². The normalized spacial score (nSPS) is 37.1. The summed E-state index contributed by atoms with van der Waals surface area (Å²) in [7, 11) is 0. The fourth-order valence-electron chi connectivity index (χ4n) is 5.64. The molecule has 122 valence electrons. The highest BCUT2D eigenvalue weighted by atomic mass is 15.2. The number of rotatable bonds is 4. The summed E-state index contributed by atoms with van der Waals surface area (Å²) in [5, 5.41) is 0. The van der Waals surface area contributed by atoms with E-state index in [1.807, 2.05) is 0 Å². The monoisotopic (exact) mass is 292 g/mol. The summed E-state index contributed by atoms with van der Waals surface area (Å²) >= 11 is 0. The Morgan fingerprint density at radius 3 is 2.10 bits per heavy atom. The van der Waals surface area contributed by atoms with Crippen LogP contribution in [0.3, 0.4) is 0 Å². The molecule has 3 aliphatic rings. The number of hydrogen-bond donors (Lipinski definition) is 1. The Bertz CT molecular complexity index is 314. The van der Waals surface area contributed by atoms with Crippen molar-refractivity contribution in [1.82, 2.24) is 4.90 Å². The van der Waals surface area contributed by atoms with Crippen LogP contribution in [-0.4, -0.2) is 30.1 Å². The highest BCUT2D eigenvalue weighted by Crippen LogP contribution is 2.48. The van der Waals surface area contributed by atoms with Crippen molar-refractivity contribution < 1.29 is 0 Å². The van der Waals surface area contributed by atoms with Gasteiger partial charge in [0.1, 0.15) is 0 Å². The highest BCUT2D eigenvalue weighted by molar-refractivity contribution is 5.00. The smallest absolute Gasteiger partial charge is 0.0331 e. The Kier molecular flexibility index (Phi) is 4.95. The highest BCUT2D eigenvalue weighted by Gasteiger charge is 2.44. The molecule has 1 spiro atoms. The number of nitrogens with two attached hydrogens (primary N) is 1. The van der Waals surface area contributed by atoms with Crippen LogP contribution in [0.1, 0.15) is 84.0 Å². The zero-order chi connectivity index (χ0) is 14.8. The molecule has 0 aromatic heterocycles. The van der Waals surface area contributed by atoms with E-state index in [9.17, 15) is 0 Å². The average Bonchev–Trinajstić information content (AvgIpc) is 2.98. The predicted octanol–water partition coefficient (Wildman–Crippen LogP) is 4.33. The van der Waals surface area contributed by atoms with Gasteiger partial charge < -0.3 is 5.73 Å². The molecule has 2 aliphatic carbocycles. The van der Waals surface area contributed by atoms with Crippen LogP contribution in [0.25, 0.3) is 0 Å². The van der Waals surface area contributed by atoms with Gasteiger partial charge in [-0.1, -0.05) is 32.6 Å². The second-order valence-electron chi connectivity index (χ2n) is 8.35. The lowest BCUT2D eigenvalue weighted by atomic mass is 9.71. The van der Waals surface area contributed by atoms with Crippen LogP contribution in [-0.2, 0) is 0 Å². The SMILES string of the molecule is CCCC1CCC(CN)(N2CCC3(CCCC3)CC2)CC1. The van der Waals surface area contributed by atoms with Gasteiger partial charge in [-0.05, 0) is 75.8 Å². The van der Waals surface area contributed by atoms with Crippen LogP contribution in [0.4, 0.5) is 0 Å². The maximum Gasteiger partial charge on any atom is 0.0331 e. The third-order valence-electron chi connectivity index (χ3n) is 7.27. The maximum atomic E-state index is 6.29. The maximum absolute atomic E-state index is 6.29. The standard InChI is InChI=1S/C19H36N2/c1-2-5-17-6-10-19(16-20,11-7-17)21-14-12-18(13-15-21)8-3-4-9-18/h17H,2-16,20H2,1H3. The summed E-state index contributed by atoms with van der Waals surface area (Å²) in [6.45, 7) is 5.88. The van der Waals surface area contributed by atoms with E-state index in [4.69, 9.17) is 5.73 Å². The first-order valence-corrected chi connectivity index (χ1v) is 9.67. The van der Waals surface area contributed by atoms with E-state index in [0.29, 0.717) is 5.54 Å². The van der Waals surface area contributed by atoms with Crippen LogP contribution < -0.4 is 5.73 Å². The fourth-order valence-corrected chi connectivity index (χ4v) is 5.64. The van der Waals surface area contributed by atoms with Gasteiger partial charge in [0, 0.05) is 12.1 Å². The third kappa shape index (κ3) is 3.17. The Hall–Kier alpha value is -0.0800. The second-order valence-corrected chi connectivity index (χ2v) is 8.35. The van der Waals surface area contributed by atoms with E-state index < -0.39 is 0 Å². The lowest BCUT2D eigenvalue weighted by molar-refractivity contribution is -0.00783. The first-order chi connectivity index (χ1) is 10.2. The van der Waals surface area contributed by atoms with Gasteiger partial charge in [0.15, 0.2) is 0 Å². The Balaban J connectivity index is 1.57. The molecule has 1 aliphatic heterocycles. The molecule has 1 saturated heterocycles. The third-order valence-corrected chi connectivity index (χ3v) is 7.27. The fraction of sp³-hybridized carbons (Fsp3) is 1.00. The van der Waals surface area contributed by atoms with Gasteiger partial charge in [-0.3, -0.25) is 4.90 Å². The number of hydrogen-bond acceptors (Lipinski definition) is 2. The first-order valence-electron chi connectivity index (χ1n) is 9.67. The van der Waals surface area contributed by atoms with E-state index in [-0.39, 0.29) is 0 Å². The van der Waals surface area contributed by atoms with Crippen LogP contribution >= 0.6 is 0 Å². The summed E-state index contributed by atoms with van der Waals surface area (Å²) in [5.74, 6) is 0.987. The van der Waals surface area contributed by atoms with E-state index in [1.165, 1.54) is 90.1 Å². The van der Waals surface area contributed by atoms with Crippen molar-refractivity contribution in [3.63, 3.8) is 0 Å². The van der Waals surface area contributed by atoms with E-state index >= 15 is 0 Å². The van der Waals surface area contributed by atoms with Gasteiger partial charge in [-0.25, -0.2) is 0 Å². The predicted molar refractivity (Wildman–Crippen MR) is 90.4 cm³/mol. The van der Waals surface area contributed by atoms with Gasteiger partial charge in [-0.15, -0.1) is 0 Å². The molecule has 0 amide bonds. The van der Waals surface area contributed by atoms with Crippen molar-refractivity contribution in [3.8, 4) is 0 Å². The average molecular weight is 293 g/mol. The van der Waals surface area contributed by atoms with E-state index in [0.717, 1.165) is 17.9 Å². The molecule has 2 nitrogen and oxygen atoms in total. The molecule has 2 saturated carbocycles. The van der Waals surface area contributed by atoms with Crippen molar-refractivity contribution >= 4 is 0 Å². The molecular formula is C19H36N2. The minimum absolute atomic E-state index is 0.366. The lowest BCUT2D eigenvalue weighted by Gasteiger charge is -2.52. The van der Waals surface area contributed by atoms with Gasteiger partial charge in [0.25, 0.3) is 0 Å². The quantitative estimate of drug-likeness (QED) is 0.835. The molecule has 0 aromatic carbocycles. The largest absolute Gasteiger partial charge is 0.329 e. The summed E-state index contributed by atoms with van der Waals surface area (Å²) in [5.41, 5.74) is 7.40. The van der Waals surface area contributed by atoms with E-state index in [2.05, 4.69) is 11.8 Å². The lowest BCUT2D eigenvalue weighted by Crippen LogP contribution is -2.58. The molecule has 2 heteroatoms. The molecule has 2 N–H and O–H groups in total. The van der Waals surface area contributed by atoms with Gasteiger partial charge in [0.2, 0.25) is 0 Å². The molecule has 1 heterocycles. The molecule has 0 atom stereocenters. The zero-order valence-corrected chi connectivity index (χ0v) is 14.2. The van der Waals surface area contributed by atoms with Crippen molar-refractivity contribution in [3.05, 3.63) is 0 Å². The summed E-state index contributed by atoms with van der Waals surface area (Å²) in [4.78, 5) is 2.82. The van der Waals surface area contributed by atoms with Crippen LogP contribution in [0.15, 0.2) is 0 Å². The summed E-state index contributed by atoms with van der Waals surface area (Å²) in [6, 6.07) is 0. The number of likely N-dealkylation sites (tertiary alicyclic amines) is 1. The molecule has 3 fully saturated rings. The molecule has 0 unspecified atom stereocenters. The Morgan fingerprint density at radius 2 is 1.57 bits per heavy atom. The van der Waals surface area contributed by atoms with Crippen LogP contribution in [0.5, 0.6) is 0 Å². The van der Waals surface area contributed by atoms with E-state index in [1.54, 1.807) is 0 Å². The number of nitrogens with zero attached hydrogens (tertiary/aromatic N) is 1.